The molecule has 0 aliphatic carbocycles. The number of ether oxygens (including phenoxy) is 1. The number of carbonyl (C=O) groups excluding carboxylic acids is 1. The van der Waals surface area contributed by atoms with Crippen LogP contribution >= 0.6 is 11.6 Å². The van der Waals surface area contributed by atoms with Crippen LogP contribution in [0.2, 0.25) is 5.02 Å². The molecule has 118 valence electrons. The van der Waals surface area contributed by atoms with Crippen molar-refractivity contribution >= 4 is 23.3 Å². The molecular formula is C15H16ClFN2O3. The van der Waals surface area contributed by atoms with E-state index in [1.54, 1.807) is 6.07 Å². The number of aromatic nitrogens is 1. The third-order valence-corrected chi connectivity index (χ3v) is 3.06. The minimum absolute atomic E-state index is 0.101. The maximum absolute atomic E-state index is 12.9. The maximum Gasteiger partial charge on any atom is 0.263 e. The minimum atomic E-state index is -0.473. The topological polar surface area (TPSA) is 64.4 Å². The van der Waals surface area contributed by atoms with Crippen molar-refractivity contribution in [3.05, 3.63) is 40.9 Å². The van der Waals surface area contributed by atoms with Crippen molar-refractivity contribution < 1.29 is 18.4 Å². The first-order chi connectivity index (χ1) is 10.3. The van der Waals surface area contributed by atoms with E-state index in [0.717, 1.165) is 6.07 Å². The van der Waals surface area contributed by atoms with Gasteiger partial charge in [-0.1, -0.05) is 37.5 Å². The standard InChI is InChI=1S/C15H16ClFN2O3/c1-15(2,3)12-7-13(19-22-12)18-14(20)8-21-11-5-4-9(17)6-10(11)16/h4-7H,8H2,1-3H3,(H,18,19,20). The Morgan fingerprint density at radius 2 is 2.14 bits per heavy atom. The van der Waals surface area contributed by atoms with Gasteiger partial charge in [-0.2, -0.15) is 0 Å². The van der Waals surface area contributed by atoms with Crippen LogP contribution in [-0.2, 0) is 10.2 Å². The molecule has 7 heteroatoms. The molecule has 0 saturated heterocycles. The smallest absolute Gasteiger partial charge is 0.263 e. The first-order valence-electron chi connectivity index (χ1n) is 6.60. The van der Waals surface area contributed by atoms with Crippen LogP contribution in [0.4, 0.5) is 10.2 Å². The number of amides is 1. The fourth-order valence-corrected chi connectivity index (χ4v) is 1.82. The number of nitrogens with one attached hydrogen (secondary N) is 1. The first kappa shape index (κ1) is 16.3. The highest BCUT2D eigenvalue weighted by atomic mass is 35.5. The van der Waals surface area contributed by atoms with Gasteiger partial charge in [0, 0.05) is 11.5 Å². The Bertz CT molecular complexity index is 680. The van der Waals surface area contributed by atoms with Crippen molar-refractivity contribution in [1.82, 2.24) is 5.16 Å². The summed E-state index contributed by atoms with van der Waals surface area (Å²) in [7, 11) is 0. The first-order valence-corrected chi connectivity index (χ1v) is 6.98. The molecule has 1 amide bonds. The summed E-state index contributed by atoms with van der Waals surface area (Å²) in [6.07, 6.45) is 0. The summed E-state index contributed by atoms with van der Waals surface area (Å²) >= 11 is 5.80. The van der Waals surface area contributed by atoms with Gasteiger partial charge in [0.15, 0.2) is 12.4 Å². The van der Waals surface area contributed by atoms with Crippen molar-refractivity contribution in [1.29, 1.82) is 0 Å². The highest BCUT2D eigenvalue weighted by Crippen LogP contribution is 2.25. The minimum Gasteiger partial charge on any atom is -0.482 e. The Hall–Kier alpha value is -2.08. The zero-order chi connectivity index (χ0) is 16.3. The van der Waals surface area contributed by atoms with E-state index in [2.05, 4.69) is 10.5 Å². The van der Waals surface area contributed by atoms with Crippen molar-refractivity contribution in [3.63, 3.8) is 0 Å². The quantitative estimate of drug-likeness (QED) is 0.928. The monoisotopic (exact) mass is 326 g/mol. The van der Waals surface area contributed by atoms with Gasteiger partial charge in [-0.3, -0.25) is 4.79 Å². The molecule has 22 heavy (non-hydrogen) atoms. The zero-order valence-electron chi connectivity index (χ0n) is 12.4. The number of benzene rings is 1. The third-order valence-electron chi connectivity index (χ3n) is 2.77. The zero-order valence-corrected chi connectivity index (χ0v) is 13.2. The van der Waals surface area contributed by atoms with Crippen LogP contribution in [0.15, 0.2) is 28.8 Å². The predicted octanol–water partition coefficient (Wildman–Crippen LogP) is 3.78. The molecule has 1 heterocycles. The van der Waals surface area contributed by atoms with Crippen molar-refractivity contribution in [2.75, 3.05) is 11.9 Å². The molecule has 2 aromatic rings. The Morgan fingerprint density at radius 3 is 2.73 bits per heavy atom. The van der Waals surface area contributed by atoms with E-state index < -0.39 is 11.7 Å². The predicted molar refractivity (Wildman–Crippen MR) is 80.7 cm³/mol. The third kappa shape index (κ3) is 4.21. The normalized spacial score (nSPS) is 11.3. The molecule has 5 nitrogen and oxygen atoms in total. The fraction of sp³-hybridized carbons (Fsp3) is 0.333. The molecule has 0 spiro atoms. The molecule has 0 radical (unpaired) electrons. The molecule has 0 aliphatic heterocycles. The molecular weight excluding hydrogens is 311 g/mol. The van der Waals surface area contributed by atoms with Crippen LogP contribution in [0.1, 0.15) is 26.5 Å². The lowest BCUT2D eigenvalue weighted by atomic mass is 9.93. The summed E-state index contributed by atoms with van der Waals surface area (Å²) in [5.41, 5.74) is -0.200. The van der Waals surface area contributed by atoms with Crippen LogP contribution in [0.25, 0.3) is 0 Å². The Labute approximate surface area is 132 Å². The molecule has 0 aliphatic rings. The van der Waals surface area contributed by atoms with Crippen LogP contribution in [0, 0.1) is 5.82 Å². The molecule has 0 saturated carbocycles. The van der Waals surface area contributed by atoms with Crippen molar-refractivity contribution in [2.45, 2.75) is 26.2 Å². The number of nitrogens with zero attached hydrogens (tertiary/aromatic N) is 1. The van der Waals surface area contributed by atoms with Gasteiger partial charge in [0.2, 0.25) is 0 Å². The lowest BCUT2D eigenvalue weighted by molar-refractivity contribution is -0.118. The second-order valence-corrected chi connectivity index (χ2v) is 6.15. The van der Waals surface area contributed by atoms with Crippen LogP contribution in [0.5, 0.6) is 5.75 Å². The van der Waals surface area contributed by atoms with E-state index in [-0.39, 0.29) is 22.8 Å². The molecule has 0 fully saturated rings. The number of rotatable bonds is 4. The number of hydrogen-bond acceptors (Lipinski definition) is 4. The summed E-state index contributed by atoms with van der Waals surface area (Å²) in [4.78, 5) is 11.8. The molecule has 1 aromatic carbocycles. The Kier molecular flexibility index (Phi) is 4.71. The van der Waals surface area contributed by atoms with Crippen LogP contribution in [-0.4, -0.2) is 17.7 Å². The highest BCUT2D eigenvalue weighted by molar-refractivity contribution is 6.32. The van der Waals surface area contributed by atoms with E-state index in [1.165, 1.54) is 12.1 Å². The van der Waals surface area contributed by atoms with E-state index in [0.29, 0.717) is 11.6 Å². The Morgan fingerprint density at radius 1 is 1.41 bits per heavy atom. The molecule has 2 rings (SSSR count). The van der Waals surface area contributed by atoms with E-state index in [1.807, 2.05) is 20.8 Å². The number of hydrogen-bond donors (Lipinski definition) is 1. The van der Waals surface area contributed by atoms with Gasteiger partial charge >= 0.3 is 0 Å². The summed E-state index contributed by atoms with van der Waals surface area (Å²) < 4.78 is 23.3. The molecule has 1 aromatic heterocycles. The average molecular weight is 327 g/mol. The van der Waals surface area contributed by atoms with E-state index in [4.69, 9.17) is 20.9 Å². The van der Waals surface area contributed by atoms with Crippen molar-refractivity contribution in [2.24, 2.45) is 0 Å². The van der Waals surface area contributed by atoms with Gasteiger partial charge in [0.05, 0.1) is 5.02 Å². The SMILES string of the molecule is CC(C)(C)c1cc(NC(=O)COc2ccc(F)cc2Cl)no1. The average Bonchev–Trinajstić information content (AvgIpc) is 2.86. The van der Waals surface area contributed by atoms with Crippen molar-refractivity contribution in [3.8, 4) is 5.75 Å². The molecule has 0 unspecified atom stereocenters. The second-order valence-electron chi connectivity index (χ2n) is 5.74. The lowest BCUT2D eigenvalue weighted by Gasteiger charge is -2.12. The van der Waals surface area contributed by atoms with Gasteiger partial charge in [-0.15, -0.1) is 0 Å². The van der Waals surface area contributed by atoms with E-state index in [9.17, 15) is 9.18 Å². The van der Waals surface area contributed by atoms with Gasteiger partial charge in [0.1, 0.15) is 17.3 Å². The molecule has 0 bridgehead atoms. The molecule has 0 atom stereocenters. The van der Waals surface area contributed by atoms with Crippen LogP contribution < -0.4 is 10.1 Å². The second kappa shape index (κ2) is 6.36. The lowest BCUT2D eigenvalue weighted by Crippen LogP contribution is -2.20. The summed E-state index contributed by atoms with van der Waals surface area (Å²) in [6.45, 7) is 5.64. The van der Waals surface area contributed by atoms with Gasteiger partial charge in [-0.25, -0.2) is 4.39 Å². The van der Waals surface area contributed by atoms with Gasteiger partial charge in [0.25, 0.3) is 5.91 Å². The summed E-state index contributed by atoms with van der Waals surface area (Å²) in [6, 6.07) is 5.33. The largest absolute Gasteiger partial charge is 0.482 e. The highest BCUT2D eigenvalue weighted by Gasteiger charge is 2.20. The van der Waals surface area contributed by atoms with Gasteiger partial charge in [-0.05, 0) is 18.2 Å². The number of anilines is 1. The molecule has 1 N–H and O–H groups in total. The maximum atomic E-state index is 12.9. The Balaban J connectivity index is 1.92. The van der Waals surface area contributed by atoms with E-state index >= 15 is 0 Å². The number of halogens is 2. The fourth-order valence-electron chi connectivity index (χ4n) is 1.60. The number of carbonyl (C=O) groups is 1. The summed E-state index contributed by atoms with van der Waals surface area (Å²) in [5, 5.41) is 6.42. The summed E-state index contributed by atoms with van der Waals surface area (Å²) in [5.74, 6) is 0.302. The van der Waals surface area contributed by atoms with Crippen LogP contribution in [0.3, 0.4) is 0 Å². The van der Waals surface area contributed by atoms with Gasteiger partial charge < -0.3 is 14.6 Å².